The van der Waals surface area contributed by atoms with Gasteiger partial charge in [-0.2, -0.15) is 0 Å². The molecule has 0 spiro atoms. The monoisotopic (exact) mass is 237 g/mol. The van der Waals surface area contributed by atoms with Crippen LogP contribution >= 0.6 is 0 Å². The topological polar surface area (TPSA) is 43.1 Å². The number of hydrogen-bond acceptors (Lipinski definition) is 3. The van der Waals surface area contributed by atoms with Gasteiger partial charge >= 0.3 is 0 Å². The highest BCUT2D eigenvalue weighted by Gasteiger charge is 2.11. The summed E-state index contributed by atoms with van der Waals surface area (Å²) >= 11 is 0. The van der Waals surface area contributed by atoms with Gasteiger partial charge in [0.15, 0.2) is 5.78 Å². The molecule has 3 heteroatoms. The van der Waals surface area contributed by atoms with E-state index in [1.165, 1.54) is 6.26 Å². The van der Waals surface area contributed by atoms with Crippen LogP contribution in [0.3, 0.4) is 0 Å². The zero-order valence-electron chi connectivity index (χ0n) is 9.88. The summed E-state index contributed by atoms with van der Waals surface area (Å²) in [5, 5.41) is 0.962. The molecular weight excluding hydrogens is 226 g/mol. The molecule has 0 amide bonds. The molecule has 0 radical (unpaired) electrons. The zero-order valence-corrected chi connectivity index (χ0v) is 9.88. The van der Waals surface area contributed by atoms with Crippen LogP contribution in [0.25, 0.3) is 10.9 Å². The normalized spacial score (nSPS) is 10.7. The van der Waals surface area contributed by atoms with E-state index < -0.39 is 0 Å². The molecule has 0 fully saturated rings. The van der Waals surface area contributed by atoms with Crippen molar-refractivity contribution in [3.05, 3.63) is 65.7 Å². The van der Waals surface area contributed by atoms with Gasteiger partial charge in [0, 0.05) is 17.1 Å². The molecule has 0 bridgehead atoms. The van der Waals surface area contributed by atoms with Crippen LogP contribution in [0.15, 0.2) is 53.3 Å². The van der Waals surface area contributed by atoms with E-state index in [0.717, 1.165) is 16.7 Å². The Labute approximate surface area is 104 Å². The third-order valence-electron chi connectivity index (χ3n) is 2.86. The lowest BCUT2D eigenvalue weighted by Crippen LogP contribution is -1.99. The molecular formula is C15H11NO2. The van der Waals surface area contributed by atoms with Gasteiger partial charge in [-0.25, -0.2) is 0 Å². The fourth-order valence-corrected chi connectivity index (χ4v) is 1.95. The largest absolute Gasteiger partial charge is 0.469 e. The van der Waals surface area contributed by atoms with Crippen molar-refractivity contribution in [3.8, 4) is 0 Å². The highest BCUT2D eigenvalue weighted by molar-refractivity contribution is 6.10. The molecule has 3 aromatic rings. The van der Waals surface area contributed by atoms with Gasteiger partial charge in [0.2, 0.25) is 0 Å². The maximum Gasteiger partial charge on any atom is 0.196 e. The highest BCUT2D eigenvalue weighted by atomic mass is 16.3. The van der Waals surface area contributed by atoms with Crippen LogP contribution in [0.2, 0.25) is 0 Å². The average molecular weight is 237 g/mol. The van der Waals surface area contributed by atoms with Gasteiger partial charge in [-0.15, -0.1) is 0 Å². The van der Waals surface area contributed by atoms with E-state index >= 15 is 0 Å². The fraction of sp³-hybridized carbons (Fsp3) is 0.0667. The van der Waals surface area contributed by atoms with Gasteiger partial charge in [-0.1, -0.05) is 6.07 Å². The molecule has 2 aromatic heterocycles. The van der Waals surface area contributed by atoms with Crippen LogP contribution in [-0.4, -0.2) is 10.8 Å². The second kappa shape index (κ2) is 4.11. The van der Waals surface area contributed by atoms with Crippen molar-refractivity contribution in [1.82, 2.24) is 4.98 Å². The van der Waals surface area contributed by atoms with E-state index in [9.17, 15) is 4.79 Å². The van der Waals surface area contributed by atoms with Gasteiger partial charge in [0.1, 0.15) is 12.0 Å². The van der Waals surface area contributed by atoms with Crippen molar-refractivity contribution in [3.63, 3.8) is 0 Å². The summed E-state index contributed by atoms with van der Waals surface area (Å²) in [7, 11) is 0. The molecule has 0 aliphatic rings. The van der Waals surface area contributed by atoms with Crippen molar-refractivity contribution in [2.24, 2.45) is 0 Å². The molecule has 0 saturated heterocycles. The first kappa shape index (κ1) is 10.7. The molecule has 88 valence electrons. The molecule has 0 atom stereocenters. The summed E-state index contributed by atoms with van der Waals surface area (Å²) in [5.74, 6) is 0.707. The number of carbonyl (C=O) groups is 1. The van der Waals surface area contributed by atoms with Crippen LogP contribution in [0.5, 0.6) is 0 Å². The van der Waals surface area contributed by atoms with Crippen LogP contribution < -0.4 is 0 Å². The molecule has 0 N–H and O–H groups in total. The third kappa shape index (κ3) is 1.80. The summed E-state index contributed by atoms with van der Waals surface area (Å²) in [6, 6.07) is 11.1. The van der Waals surface area contributed by atoms with E-state index in [1.807, 2.05) is 31.2 Å². The Hall–Kier alpha value is -2.42. The van der Waals surface area contributed by atoms with E-state index in [1.54, 1.807) is 18.3 Å². The molecule has 3 rings (SSSR count). The minimum absolute atomic E-state index is 0.0300. The SMILES string of the molecule is Cc1cc(C(=O)c2ccc3ncccc3c2)co1. The van der Waals surface area contributed by atoms with Crippen molar-refractivity contribution >= 4 is 16.7 Å². The molecule has 1 aromatic carbocycles. The number of benzene rings is 1. The molecule has 0 saturated carbocycles. The number of ketones is 1. The first-order chi connectivity index (χ1) is 8.74. The summed E-state index contributed by atoms with van der Waals surface area (Å²) in [6.07, 6.45) is 3.23. The smallest absolute Gasteiger partial charge is 0.196 e. The molecule has 18 heavy (non-hydrogen) atoms. The Bertz CT molecular complexity index is 728. The summed E-state index contributed by atoms with van der Waals surface area (Å²) in [4.78, 5) is 16.5. The number of carbonyl (C=O) groups excluding carboxylic acids is 1. The van der Waals surface area contributed by atoms with Gasteiger partial charge in [0.25, 0.3) is 0 Å². The Morgan fingerprint density at radius 1 is 1.17 bits per heavy atom. The number of nitrogens with zero attached hydrogens (tertiary/aromatic N) is 1. The highest BCUT2D eigenvalue weighted by Crippen LogP contribution is 2.17. The zero-order chi connectivity index (χ0) is 12.5. The Kier molecular flexibility index (Phi) is 2.45. The Balaban J connectivity index is 2.06. The fourth-order valence-electron chi connectivity index (χ4n) is 1.95. The van der Waals surface area contributed by atoms with E-state index in [0.29, 0.717) is 11.1 Å². The second-order valence-corrected chi connectivity index (χ2v) is 4.19. The number of hydrogen-bond donors (Lipinski definition) is 0. The molecule has 0 aliphatic carbocycles. The molecule has 0 aliphatic heterocycles. The molecule has 2 heterocycles. The summed E-state index contributed by atoms with van der Waals surface area (Å²) in [5.41, 5.74) is 2.12. The van der Waals surface area contributed by atoms with Crippen LogP contribution in [-0.2, 0) is 0 Å². The van der Waals surface area contributed by atoms with E-state index in [2.05, 4.69) is 4.98 Å². The number of fused-ring (bicyclic) bond motifs is 1. The lowest BCUT2D eigenvalue weighted by atomic mass is 10.0. The molecule has 3 nitrogen and oxygen atoms in total. The lowest BCUT2D eigenvalue weighted by Gasteiger charge is -2.00. The first-order valence-corrected chi connectivity index (χ1v) is 5.69. The predicted molar refractivity (Wildman–Crippen MR) is 68.6 cm³/mol. The van der Waals surface area contributed by atoms with E-state index in [4.69, 9.17) is 4.42 Å². The second-order valence-electron chi connectivity index (χ2n) is 4.19. The maximum absolute atomic E-state index is 12.2. The van der Waals surface area contributed by atoms with Gasteiger partial charge in [0.05, 0.1) is 11.1 Å². The maximum atomic E-state index is 12.2. The summed E-state index contributed by atoms with van der Waals surface area (Å²) < 4.78 is 5.16. The van der Waals surface area contributed by atoms with Crippen molar-refractivity contribution in [1.29, 1.82) is 0 Å². The minimum atomic E-state index is -0.0300. The summed E-state index contributed by atoms with van der Waals surface area (Å²) in [6.45, 7) is 1.82. The minimum Gasteiger partial charge on any atom is -0.469 e. The predicted octanol–water partition coefficient (Wildman–Crippen LogP) is 3.37. The van der Waals surface area contributed by atoms with Gasteiger partial charge in [-0.3, -0.25) is 9.78 Å². The number of aryl methyl sites for hydroxylation is 1. The van der Waals surface area contributed by atoms with Crippen molar-refractivity contribution < 1.29 is 9.21 Å². The van der Waals surface area contributed by atoms with E-state index in [-0.39, 0.29) is 5.78 Å². The van der Waals surface area contributed by atoms with Gasteiger partial charge in [-0.05, 0) is 37.3 Å². The first-order valence-electron chi connectivity index (χ1n) is 5.69. The lowest BCUT2D eigenvalue weighted by molar-refractivity contribution is 0.103. The van der Waals surface area contributed by atoms with Crippen LogP contribution in [0.4, 0.5) is 0 Å². The van der Waals surface area contributed by atoms with Gasteiger partial charge < -0.3 is 4.42 Å². The number of furan rings is 1. The average Bonchev–Trinajstić information content (AvgIpc) is 2.84. The number of rotatable bonds is 2. The van der Waals surface area contributed by atoms with Crippen molar-refractivity contribution in [2.45, 2.75) is 6.92 Å². The van der Waals surface area contributed by atoms with Crippen LogP contribution in [0, 0.1) is 6.92 Å². The quantitative estimate of drug-likeness (QED) is 0.642. The molecule has 0 unspecified atom stereocenters. The number of pyridine rings is 1. The Morgan fingerprint density at radius 3 is 2.83 bits per heavy atom. The number of aromatic nitrogens is 1. The standard InChI is InChI=1S/C15H11NO2/c1-10-7-13(9-18-10)15(17)12-4-5-14-11(8-12)3-2-6-16-14/h2-9H,1H3. The van der Waals surface area contributed by atoms with Crippen LogP contribution in [0.1, 0.15) is 21.7 Å². The van der Waals surface area contributed by atoms with Crippen molar-refractivity contribution in [2.75, 3.05) is 0 Å². The third-order valence-corrected chi connectivity index (χ3v) is 2.86. The Morgan fingerprint density at radius 2 is 2.06 bits per heavy atom.